The van der Waals surface area contributed by atoms with E-state index in [1.807, 2.05) is 42.5 Å². The average molecular weight is 898 g/mol. The summed E-state index contributed by atoms with van der Waals surface area (Å²) in [5.74, 6) is 3.95. The van der Waals surface area contributed by atoms with Gasteiger partial charge in [0, 0.05) is 37.1 Å². The van der Waals surface area contributed by atoms with Gasteiger partial charge in [-0.05, 0) is 104 Å². The Morgan fingerprint density at radius 3 is 1.30 bits per heavy atom. The molecule has 11 rings (SSSR count). The standard InChI is InChI=1S/C42H62N8O3S.In.Na.H/c51-54(52,53-32-21-9-12-23-11-1-2-13-24(23)32)33-22-10-20-31-34(33)42-49-40-30-19-8-7-18-29(30)38(47-40)45-36-26-15-4-3-14-25(26)35(43-36)44-37-27-16-5-6-17-28(27)39(46-37)48-41(31)50-42;;;/h1-2,9,11-13,21,25-31,33-50H,3-8,10,14-20,22H2;;;/q;;+1;-1. The quantitative estimate of drug-likeness (QED) is 0.165. The minimum atomic E-state index is -3.96. The monoisotopic (exact) mass is 897 g/mol. The third-order valence-electron chi connectivity index (χ3n) is 16.2. The summed E-state index contributed by atoms with van der Waals surface area (Å²) in [7, 11) is -3.96. The molecule has 4 aliphatic carbocycles. The van der Waals surface area contributed by atoms with Crippen molar-refractivity contribution in [2.45, 2.75) is 151 Å². The summed E-state index contributed by atoms with van der Waals surface area (Å²) in [6.07, 6.45) is 19.0. The molecule has 9 aliphatic rings. The van der Waals surface area contributed by atoms with E-state index >= 15 is 0 Å². The maximum Gasteiger partial charge on any atom is 1.00 e. The van der Waals surface area contributed by atoms with Gasteiger partial charge in [0.1, 0.15) is 11.0 Å². The van der Waals surface area contributed by atoms with Gasteiger partial charge in [-0.15, -0.1) is 0 Å². The molecule has 5 saturated heterocycles. The van der Waals surface area contributed by atoms with E-state index in [9.17, 15) is 8.42 Å². The van der Waals surface area contributed by atoms with Gasteiger partial charge in [0.05, 0.1) is 49.3 Å². The summed E-state index contributed by atoms with van der Waals surface area (Å²) in [5, 5.41) is 34.4. The summed E-state index contributed by atoms with van der Waals surface area (Å²) in [5.41, 5.74) is 0. The van der Waals surface area contributed by atoms with Gasteiger partial charge < -0.3 is 5.61 Å². The Morgan fingerprint density at radius 2 is 0.839 bits per heavy atom. The van der Waals surface area contributed by atoms with Crippen LogP contribution in [-0.4, -0.2) is 88.8 Å². The molecule has 8 bridgehead atoms. The van der Waals surface area contributed by atoms with Gasteiger partial charge in [-0.2, -0.15) is 8.42 Å². The van der Waals surface area contributed by atoms with Crippen molar-refractivity contribution >= 4 is 46.7 Å². The van der Waals surface area contributed by atoms with Crippen LogP contribution in [0.1, 0.15) is 97.7 Å². The van der Waals surface area contributed by atoms with Gasteiger partial charge in [0.15, 0.2) is 0 Å². The maximum atomic E-state index is 14.7. The van der Waals surface area contributed by atoms with E-state index < -0.39 is 15.4 Å². The third kappa shape index (κ3) is 7.42. The number of benzene rings is 2. The number of hydrogen-bond donors (Lipinski definition) is 8. The zero-order chi connectivity index (χ0) is 36.0. The Hall–Kier alpha value is 0.000130. The van der Waals surface area contributed by atoms with Crippen LogP contribution in [-0.2, 0) is 10.1 Å². The van der Waals surface area contributed by atoms with E-state index in [0.29, 0.717) is 53.8 Å². The van der Waals surface area contributed by atoms with Crippen molar-refractivity contribution in [3.63, 3.8) is 0 Å². The fraction of sp³-hybridized carbons (Fsp3) is 0.762. The van der Waals surface area contributed by atoms with Crippen LogP contribution in [0.2, 0.25) is 0 Å². The van der Waals surface area contributed by atoms with Crippen LogP contribution in [0.5, 0.6) is 5.75 Å². The smallest absolute Gasteiger partial charge is 1.00 e. The Morgan fingerprint density at radius 1 is 0.464 bits per heavy atom. The molecular formula is C42H63InN8NaO3S. The first-order valence-corrected chi connectivity index (χ1v) is 23.5. The van der Waals surface area contributed by atoms with Gasteiger partial charge in [0.25, 0.3) is 0 Å². The molecule has 14 heteroatoms. The largest absolute Gasteiger partial charge is 1.00 e. The molecule has 0 spiro atoms. The van der Waals surface area contributed by atoms with Gasteiger partial charge in [-0.25, -0.2) is 0 Å². The van der Waals surface area contributed by atoms with Crippen molar-refractivity contribution in [1.82, 2.24) is 42.5 Å². The summed E-state index contributed by atoms with van der Waals surface area (Å²) < 4.78 is 35.5. The van der Waals surface area contributed by atoms with Crippen molar-refractivity contribution < 1.29 is 43.6 Å². The van der Waals surface area contributed by atoms with Gasteiger partial charge in [-0.1, -0.05) is 81.3 Å². The first-order valence-electron chi connectivity index (χ1n) is 22.0. The summed E-state index contributed by atoms with van der Waals surface area (Å²) in [6.45, 7) is 0. The number of fused-ring (bicyclic) bond motifs is 21. The van der Waals surface area contributed by atoms with Crippen molar-refractivity contribution in [3.8, 4) is 5.75 Å². The van der Waals surface area contributed by atoms with Crippen molar-refractivity contribution in [1.29, 1.82) is 0 Å². The van der Waals surface area contributed by atoms with Crippen LogP contribution in [0.15, 0.2) is 42.5 Å². The molecule has 2 aromatic carbocycles. The average Bonchev–Trinajstić information content (AvgIpc) is 3.94. The van der Waals surface area contributed by atoms with Crippen molar-refractivity contribution in [2.24, 2.45) is 47.3 Å². The zero-order valence-electron chi connectivity index (χ0n) is 34.2. The van der Waals surface area contributed by atoms with E-state index in [1.54, 1.807) is 0 Å². The molecule has 5 heterocycles. The molecule has 4 saturated carbocycles. The molecule has 17 unspecified atom stereocenters. The van der Waals surface area contributed by atoms with E-state index in [0.717, 1.165) is 23.6 Å². The minimum Gasteiger partial charge on any atom is -1.00 e. The number of nitrogens with one attached hydrogen (secondary N) is 8. The second-order valence-corrected chi connectivity index (χ2v) is 20.5. The van der Waals surface area contributed by atoms with Gasteiger partial charge in [0.2, 0.25) is 0 Å². The molecule has 2 aromatic rings. The minimum absolute atomic E-state index is 0. The summed E-state index contributed by atoms with van der Waals surface area (Å²) in [4.78, 5) is 0. The molecule has 5 aliphatic heterocycles. The van der Waals surface area contributed by atoms with E-state index in [4.69, 9.17) is 4.18 Å². The molecule has 0 aromatic heterocycles. The van der Waals surface area contributed by atoms with Crippen LogP contribution in [0, 0.1) is 47.3 Å². The Kier molecular flexibility index (Phi) is 12.6. The molecule has 299 valence electrons. The van der Waals surface area contributed by atoms with E-state index in [1.165, 1.54) is 77.0 Å². The van der Waals surface area contributed by atoms with Gasteiger partial charge in [-0.3, -0.25) is 42.5 Å². The second-order valence-electron chi connectivity index (χ2n) is 18.8. The van der Waals surface area contributed by atoms with Crippen LogP contribution in [0.3, 0.4) is 0 Å². The molecule has 9 fully saturated rings. The fourth-order valence-electron chi connectivity index (χ4n) is 13.8. The molecule has 17 atom stereocenters. The zero-order valence-corrected chi connectivity index (χ0v) is 39.3. The summed E-state index contributed by atoms with van der Waals surface area (Å²) in [6, 6.07) is 13.6. The number of rotatable bonds is 3. The SMILES string of the molecule is O=S(=O)(Oc1cccc2ccccc12)C1CCCC2C3NC4NC(NC5NC(NC6NC(NC(N3)C21)C1CCCCC61)C1CCCCC51)C1CCCCC41.[H-].[In].[Na+]. The van der Waals surface area contributed by atoms with Crippen molar-refractivity contribution in [2.75, 3.05) is 0 Å². The Bertz CT molecular complexity index is 1810. The summed E-state index contributed by atoms with van der Waals surface area (Å²) >= 11 is 0. The Labute approximate surface area is 376 Å². The molecular weight excluding hydrogens is 834 g/mol. The van der Waals surface area contributed by atoms with Crippen LogP contribution in [0.25, 0.3) is 10.8 Å². The molecule has 0 amide bonds. The number of hydrogen-bond acceptors (Lipinski definition) is 11. The normalized spacial score (nSPS) is 45.7. The molecule has 3 radical (unpaired) electrons. The van der Waals surface area contributed by atoms with E-state index in [-0.39, 0.29) is 112 Å². The van der Waals surface area contributed by atoms with Crippen LogP contribution >= 0.6 is 0 Å². The van der Waals surface area contributed by atoms with Crippen molar-refractivity contribution in [3.05, 3.63) is 42.5 Å². The van der Waals surface area contributed by atoms with Crippen LogP contribution < -0.4 is 76.3 Å². The Balaban J connectivity index is 0.00000152. The second kappa shape index (κ2) is 17.0. The molecule has 11 nitrogen and oxygen atoms in total. The predicted octanol–water partition coefficient (Wildman–Crippen LogP) is 0.882. The predicted molar refractivity (Wildman–Crippen MR) is 217 cm³/mol. The molecule has 56 heavy (non-hydrogen) atoms. The van der Waals surface area contributed by atoms with Crippen LogP contribution in [0.4, 0.5) is 0 Å². The fourth-order valence-corrected chi connectivity index (χ4v) is 15.5. The topological polar surface area (TPSA) is 140 Å². The first-order chi connectivity index (χ1) is 26.5. The third-order valence-corrected chi connectivity index (χ3v) is 17.9. The first kappa shape index (κ1) is 41.4. The van der Waals surface area contributed by atoms with E-state index in [2.05, 4.69) is 42.5 Å². The maximum absolute atomic E-state index is 14.7. The van der Waals surface area contributed by atoms with Gasteiger partial charge >= 0.3 is 39.7 Å². The molecule has 8 N–H and O–H groups in total.